The van der Waals surface area contributed by atoms with Crippen LogP contribution in [0.2, 0.25) is 0 Å². The van der Waals surface area contributed by atoms with E-state index in [0.29, 0.717) is 5.75 Å². The third-order valence-corrected chi connectivity index (χ3v) is 5.95. The largest absolute Gasteiger partial charge is 0.480 e. The molecule has 0 unspecified atom stereocenters. The van der Waals surface area contributed by atoms with E-state index in [9.17, 15) is 4.79 Å². The van der Waals surface area contributed by atoms with Gasteiger partial charge in [0.05, 0.1) is 0 Å². The molecule has 0 bridgehead atoms. The standard InChI is InChI=1S/C15H31NO2S2/c1-3-5-8-13(9-6-4-2)10-7-11-19-20-12-14(16)15(17)18/h13-14H,3-12,16H2,1-2H3,(H,17,18)/t14-/m0/s1. The molecule has 0 heterocycles. The Bertz CT molecular complexity index is 232. The average molecular weight is 322 g/mol. The molecule has 0 spiro atoms. The van der Waals surface area contributed by atoms with Crippen LogP contribution in [-0.4, -0.2) is 28.6 Å². The van der Waals surface area contributed by atoms with Gasteiger partial charge < -0.3 is 10.8 Å². The van der Waals surface area contributed by atoms with Crippen molar-refractivity contribution < 1.29 is 9.90 Å². The van der Waals surface area contributed by atoms with Gasteiger partial charge in [0.1, 0.15) is 6.04 Å². The number of carboxylic acids is 1. The van der Waals surface area contributed by atoms with Crippen molar-refractivity contribution in [1.82, 2.24) is 0 Å². The number of carbonyl (C=O) groups is 1. The minimum absolute atomic E-state index is 0.495. The third kappa shape index (κ3) is 11.9. The molecule has 0 saturated heterocycles. The van der Waals surface area contributed by atoms with Gasteiger partial charge in [0, 0.05) is 11.5 Å². The normalized spacial score (nSPS) is 12.8. The molecule has 1 atom stereocenters. The van der Waals surface area contributed by atoms with Crippen molar-refractivity contribution in [3.8, 4) is 0 Å². The van der Waals surface area contributed by atoms with Crippen molar-refractivity contribution >= 4 is 27.6 Å². The lowest BCUT2D eigenvalue weighted by Crippen LogP contribution is -2.32. The van der Waals surface area contributed by atoms with Gasteiger partial charge in [0.15, 0.2) is 0 Å². The molecule has 0 aliphatic heterocycles. The van der Waals surface area contributed by atoms with Crippen molar-refractivity contribution in [2.75, 3.05) is 11.5 Å². The Kier molecular flexibility index (Phi) is 14.2. The van der Waals surface area contributed by atoms with E-state index in [-0.39, 0.29) is 0 Å². The summed E-state index contributed by atoms with van der Waals surface area (Å²) in [6, 6.07) is -0.727. The first-order chi connectivity index (χ1) is 9.61. The molecule has 0 aliphatic rings. The molecule has 0 radical (unpaired) electrons. The molecule has 3 nitrogen and oxygen atoms in total. The monoisotopic (exact) mass is 321 g/mol. The van der Waals surface area contributed by atoms with E-state index in [1.807, 2.05) is 0 Å². The van der Waals surface area contributed by atoms with Crippen LogP contribution in [0.15, 0.2) is 0 Å². The maximum absolute atomic E-state index is 10.6. The van der Waals surface area contributed by atoms with E-state index in [4.69, 9.17) is 10.8 Å². The molecular weight excluding hydrogens is 290 g/mol. The molecule has 0 fully saturated rings. The zero-order valence-corrected chi connectivity index (χ0v) is 14.6. The fourth-order valence-corrected chi connectivity index (χ4v) is 4.32. The Morgan fingerprint density at radius 1 is 1.05 bits per heavy atom. The quantitative estimate of drug-likeness (QED) is 0.363. The van der Waals surface area contributed by atoms with Crippen molar-refractivity contribution in [2.24, 2.45) is 11.7 Å². The number of nitrogens with two attached hydrogens (primary N) is 1. The van der Waals surface area contributed by atoms with E-state index in [1.165, 1.54) is 51.4 Å². The van der Waals surface area contributed by atoms with Crippen LogP contribution in [0.1, 0.15) is 65.2 Å². The summed E-state index contributed by atoms with van der Waals surface area (Å²) in [7, 11) is 3.35. The van der Waals surface area contributed by atoms with Crippen LogP contribution in [-0.2, 0) is 4.79 Å². The van der Waals surface area contributed by atoms with Gasteiger partial charge in [-0.25, -0.2) is 0 Å². The van der Waals surface area contributed by atoms with Crippen LogP contribution in [0.4, 0.5) is 0 Å². The first-order valence-corrected chi connectivity index (χ1v) is 10.3. The van der Waals surface area contributed by atoms with E-state index >= 15 is 0 Å². The Morgan fingerprint density at radius 2 is 1.60 bits per heavy atom. The van der Waals surface area contributed by atoms with Gasteiger partial charge in [-0.3, -0.25) is 4.79 Å². The predicted octanol–water partition coefficient (Wildman–Crippen LogP) is 4.56. The molecule has 20 heavy (non-hydrogen) atoms. The van der Waals surface area contributed by atoms with E-state index < -0.39 is 12.0 Å². The average Bonchev–Trinajstić information content (AvgIpc) is 2.44. The van der Waals surface area contributed by atoms with Gasteiger partial charge in [-0.05, 0) is 18.8 Å². The van der Waals surface area contributed by atoms with Gasteiger partial charge >= 0.3 is 5.97 Å². The summed E-state index contributed by atoms with van der Waals surface area (Å²) in [5.74, 6) is 1.58. The van der Waals surface area contributed by atoms with Crippen LogP contribution >= 0.6 is 21.6 Å². The van der Waals surface area contributed by atoms with Gasteiger partial charge in [-0.15, -0.1) is 0 Å². The maximum Gasteiger partial charge on any atom is 0.321 e. The molecule has 5 heteroatoms. The summed E-state index contributed by atoms with van der Waals surface area (Å²) in [5, 5.41) is 8.67. The van der Waals surface area contributed by atoms with Crippen molar-refractivity contribution in [3.05, 3.63) is 0 Å². The van der Waals surface area contributed by atoms with Crippen LogP contribution in [0.3, 0.4) is 0 Å². The molecule has 0 aliphatic carbocycles. The summed E-state index contributed by atoms with van der Waals surface area (Å²) >= 11 is 0. The molecular formula is C15H31NO2S2. The molecule has 0 rings (SSSR count). The molecule has 3 N–H and O–H groups in total. The number of carboxylic acid groups (broad SMARTS) is 1. The number of hydrogen-bond acceptors (Lipinski definition) is 4. The molecule has 0 aromatic heterocycles. The van der Waals surface area contributed by atoms with E-state index in [2.05, 4.69) is 13.8 Å². The number of unbranched alkanes of at least 4 members (excludes halogenated alkanes) is 2. The lowest BCUT2D eigenvalue weighted by atomic mass is 9.92. The Hall–Kier alpha value is 0.130. The highest BCUT2D eigenvalue weighted by molar-refractivity contribution is 8.76. The van der Waals surface area contributed by atoms with Gasteiger partial charge in [0.25, 0.3) is 0 Å². The highest BCUT2D eigenvalue weighted by Crippen LogP contribution is 2.26. The van der Waals surface area contributed by atoms with Crippen molar-refractivity contribution in [1.29, 1.82) is 0 Å². The maximum atomic E-state index is 10.6. The Labute approximate surface area is 132 Å². The number of rotatable bonds is 14. The first kappa shape index (κ1) is 20.1. The molecule has 0 aromatic carbocycles. The van der Waals surface area contributed by atoms with Crippen molar-refractivity contribution in [2.45, 2.75) is 71.3 Å². The minimum Gasteiger partial charge on any atom is -0.480 e. The first-order valence-electron chi connectivity index (χ1n) is 7.84. The van der Waals surface area contributed by atoms with Crippen molar-refractivity contribution in [3.63, 3.8) is 0 Å². The smallest absolute Gasteiger partial charge is 0.321 e. The lowest BCUT2D eigenvalue weighted by molar-refractivity contribution is -0.137. The fraction of sp³-hybridized carbons (Fsp3) is 0.933. The second-order valence-electron chi connectivity index (χ2n) is 5.34. The summed E-state index contributed by atoms with van der Waals surface area (Å²) in [6.45, 7) is 4.52. The lowest BCUT2D eigenvalue weighted by Gasteiger charge is -2.16. The predicted molar refractivity (Wildman–Crippen MR) is 92.3 cm³/mol. The Morgan fingerprint density at radius 3 is 2.10 bits per heavy atom. The van der Waals surface area contributed by atoms with E-state index in [0.717, 1.165) is 11.7 Å². The topological polar surface area (TPSA) is 63.3 Å². The van der Waals surface area contributed by atoms with Crippen LogP contribution in [0, 0.1) is 5.92 Å². The van der Waals surface area contributed by atoms with Gasteiger partial charge in [-0.2, -0.15) is 0 Å². The van der Waals surface area contributed by atoms with Gasteiger partial charge in [0.2, 0.25) is 0 Å². The summed E-state index contributed by atoms with van der Waals surface area (Å²) in [6.07, 6.45) is 10.6. The number of aliphatic carboxylic acids is 1. The highest BCUT2D eigenvalue weighted by atomic mass is 33.1. The highest BCUT2D eigenvalue weighted by Gasteiger charge is 2.11. The molecule has 0 saturated carbocycles. The zero-order chi connectivity index (χ0) is 15.2. The summed E-state index contributed by atoms with van der Waals surface area (Å²) in [5.41, 5.74) is 5.46. The minimum atomic E-state index is -0.905. The van der Waals surface area contributed by atoms with Crippen LogP contribution in [0.5, 0.6) is 0 Å². The van der Waals surface area contributed by atoms with Crippen LogP contribution < -0.4 is 5.73 Å². The summed E-state index contributed by atoms with van der Waals surface area (Å²) < 4.78 is 0. The number of hydrogen-bond donors (Lipinski definition) is 2. The Balaban J connectivity index is 3.58. The van der Waals surface area contributed by atoms with Gasteiger partial charge in [-0.1, -0.05) is 74.0 Å². The second-order valence-corrected chi connectivity index (χ2v) is 7.97. The summed E-state index contributed by atoms with van der Waals surface area (Å²) in [4.78, 5) is 10.6. The molecule has 0 amide bonds. The van der Waals surface area contributed by atoms with E-state index in [1.54, 1.807) is 21.6 Å². The fourth-order valence-electron chi connectivity index (χ4n) is 2.10. The molecule has 120 valence electrons. The molecule has 0 aromatic rings. The van der Waals surface area contributed by atoms with Crippen LogP contribution in [0.25, 0.3) is 0 Å². The SMILES string of the molecule is CCCCC(CCCC)CCCSSC[C@H](N)C(=O)O. The second kappa shape index (κ2) is 14.1. The third-order valence-electron chi connectivity index (χ3n) is 3.42. The zero-order valence-electron chi connectivity index (χ0n) is 13.0.